The van der Waals surface area contributed by atoms with E-state index in [1.165, 1.54) is 69.8 Å². The fourth-order valence-electron chi connectivity index (χ4n) is 2.61. The Balaban J connectivity index is 1.94. The van der Waals surface area contributed by atoms with E-state index in [1.54, 1.807) is 0 Å². The molecule has 0 radical (unpaired) electrons. The van der Waals surface area contributed by atoms with Crippen molar-refractivity contribution in [2.24, 2.45) is 0 Å². The molecule has 0 unspecified atom stereocenters. The number of hydrogen-bond donors (Lipinski definition) is 1. The van der Waals surface area contributed by atoms with Crippen LogP contribution < -0.4 is 5.32 Å². The van der Waals surface area contributed by atoms with Crippen molar-refractivity contribution >= 4 is 17.3 Å². The Hall–Kier alpha value is -0.690. The van der Waals surface area contributed by atoms with Crippen molar-refractivity contribution in [3.8, 4) is 0 Å². The molecular formula is C19H32ClN. The normalized spacial score (nSPS) is 10.8. The molecule has 0 atom stereocenters. The molecule has 1 N–H and O–H groups in total. The second kappa shape index (κ2) is 11.9. The lowest BCUT2D eigenvalue weighted by atomic mass is 10.1. The second-order valence-electron chi connectivity index (χ2n) is 6.09. The van der Waals surface area contributed by atoms with Gasteiger partial charge in [-0.15, -0.1) is 0 Å². The van der Waals surface area contributed by atoms with Gasteiger partial charge in [-0.1, -0.05) is 82.4 Å². The van der Waals surface area contributed by atoms with Crippen molar-refractivity contribution in [2.75, 3.05) is 11.9 Å². The topological polar surface area (TPSA) is 12.0 Å². The Morgan fingerprint density at radius 3 is 2.05 bits per heavy atom. The van der Waals surface area contributed by atoms with Crippen molar-refractivity contribution < 1.29 is 0 Å². The van der Waals surface area contributed by atoms with E-state index in [-0.39, 0.29) is 0 Å². The third-order valence-corrected chi connectivity index (χ3v) is 4.30. The summed E-state index contributed by atoms with van der Waals surface area (Å²) in [5, 5.41) is 4.27. The number of hydrogen-bond acceptors (Lipinski definition) is 1. The average Bonchev–Trinajstić information content (AvgIpc) is 2.48. The van der Waals surface area contributed by atoms with Crippen LogP contribution in [0.5, 0.6) is 0 Å². The lowest BCUT2D eigenvalue weighted by Crippen LogP contribution is -2.02. The smallest absolute Gasteiger partial charge is 0.0637 e. The molecule has 0 aromatic heterocycles. The molecule has 0 spiro atoms. The van der Waals surface area contributed by atoms with Gasteiger partial charge >= 0.3 is 0 Å². The number of nitrogens with one attached hydrogen (secondary N) is 1. The second-order valence-corrected chi connectivity index (χ2v) is 6.50. The van der Waals surface area contributed by atoms with Crippen LogP contribution >= 0.6 is 11.6 Å². The van der Waals surface area contributed by atoms with Gasteiger partial charge in [-0.25, -0.2) is 0 Å². The van der Waals surface area contributed by atoms with Crippen molar-refractivity contribution in [3.63, 3.8) is 0 Å². The maximum atomic E-state index is 6.17. The number of rotatable bonds is 12. The van der Waals surface area contributed by atoms with Crippen LogP contribution in [0.1, 0.15) is 76.7 Å². The van der Waals surface area contributed by atoms with Gasteiger partial charge in [0.05, 0.1) is 10.7 Å². The molecule has 0 saturated carbocycles. The van der Waals surface area contributed by atoms with Gasteiger partial charge in [0.2, 0.25) is 0 Å². The van der Waals surface area contributed by atoms with Crippen molar-refractivity contribution in [3.05, 3.63) is 28.8 Å². The molecule has 21 heavy (non-hydrogen) atoms. The first-order valence-corrected chi connectivity index (χ1v) is 9.12. The van der Waals surface area contributed by atoms with Gasteiger partial charge in [0.15, 0.2) is 0 Å². The van der Waals surface area contributed by atoms with Gasteiger partial charge in [0, 0.05) is 6.54 Å². The van der Waals surface area contributed by atoms with E-state index in [2.05, 4.69) is 25.2 Å². The molecule has 0 bridgehead atoms. The molecule has 0 saturated heterocycles. The first-order valence-electron chi connectivity index (χ1n) is 8.74. The Morgan fingerprint density at radius 1 is 0.857 bits per heavy atom. The van der Waals surface area contributed by atoms with Crippen molar-refractivity contribution in [1.82, 2.24) is 0 Å². The predicted octanol–water partition coefficient (Wildman–Crippen LogP) is 6.98. The van der Waals surface area contributed by atoms with Crippen molar-refractivity contribution in [1.29, 1.82) is 0 Å². The molecule has 1 aromatic carbocycles. The minimum Gasteiger partial charge on any atom is -0.384 e. The highest BCUT2D eigenvalue weighted by Crippen LogP contribution is 2.22. The summed E-state index contributed by atoms with van der Waals surface area (Å²) in [6.45, 7) is 5.40. The fraction of sp³-hybridized carbons (Fsp3) is 0.684. The molecule has 1 rings (SSSR count). The quantitative estimate of drug-likeness (QED) is 0.411. The fourth-order valence-corrected chi connectivity index (χ4v) is 2.79. The first-order chi connectivity index (χ1) is 10.2. The van der Waals surface area contributed by atoms with Crippen LogP contribution in [0.4, 0.5) is 5.69 Å². The minimum absolute atomic E-state index is 0.827. The van der Waals surface area contributed by atoms with Crippen LogP contribution in [0, 0.1) is 6.92 Å². The van der Waals surface area contributed by atoms with E-state index in [0.29, 0.717) is 0 Å². The molecule has 2 heteroatoms. The van der Waals surface area contributed by atoms with E-state index >= 15 is 0 Å². The number of halogens is 1. The summed E-state index contributed by atoms with van der Waals surface area (Å²) in [5.41, 5.74) is 2.33. The molecule has 120 valence electrons. The predicted molar refractivity (Wildman–Crippen MR) is 96.5 cm³/mol. The summed E-state index contributed by atoms with van der Waals surface area (Å²) in [6, 6.07) is 6.14. The number of anilines is 1. The number of aryl methyl sites for hydroxylation is 1. The molecule has 0 aliphatic carbocycles. The lowest BCUT2D eigenvalue weighted by Gasteiger charge is -2.09. The lowest BCUT2D eigenvalue weighted by molar-refractivity contribution is 0.560. The summed E-state index contributed by atoms with van der Waals surface area (Å²) < 4.78 is 0. The van der Waals surface area contributed by atoms with Crippen molar-refractivity contribution in [2.45, 2.75) is 78.1 Å². The van der Waals surface area contributed by atoms with Gasteiger partial charge in [-0.3, -0.25) is 0 Å². The molecular weight excluding hydrogens is 278 g/mol. The maximum Gasteiger partial charge on any atom is 0.0637 e. The molecule has 0 fully saturated rings. The third kappa shape index (κ3) is 9.03. The molecule has 0 heterocycles. The summed E-state index contributed by atoms with van der Waals surface area (Å²) >= 11 is 6.17. The maximum absolute atomic E-state index is 6.17. The first kappa shape index (κ1) is 18.4. The van der Waals surface area contributed by atoms with Gasteiger partial charge in [0.1, 0.15) is 0 Å². The summed E-state index contributed by atoms with van der Waals surface area (Å²) in [4.78, 5) is 0. The SMILES string of the molecule is CCCCCCCCCCCCNc1cc(C)ccc1Cl. The zero-order valence-corrected chi connectivity index (χ0v) is 14.6. The number of unbranched alkanes of at least 4 members (excludes halogenated alkanes) is 9. The molecule has 0 aliphatic heterocycles. The van der Waals surface area contributed by atoms with Crippen LogP contribution in [0.25, 0.3) is 0 Å². The van der Waals surface area contributed by atoms with E-state index < -0.39 is 0 Å². The van der Waals surface area contributed by atoms with E-state index in [1.807, 2.05) is 12.1 Å². The third-order valence-electron chi connectivity index (χ3n) is 3.97. The highest BCUT2D eigenvalue weighted by atomic mass is 35.5. The van der Waals surface area contributed by atoms with Crippen LogP contribution in [-0.2, 0) is 0 Å². The Morgan fingerprint density at radius 2 is 1.43 bits per heavy atom. The molecule has 0 amide bonds. The van der Waals surface area contributed by atoms with E-state index in [9.17, 15) is 0 Å². The van der Waals surface area contributed by atoms with Crippen LogP contribution in [-0.4, -0.2) is 6.54 Å². The van der Waals surface area contributed by atoms with Crippen LogP contribution in [0.2, 0.25) is 5.02 Å². The zero-order chi connectivity index (χ0) is 15.3. The zero-order valence-electron chi connectivity index (χ0n) is 13.9. The van der Waals surface area contributed by atoms with E-state index in [0.717, 1.165) is 17.3 Å². The standard InChI is InChI=1S/C19H32ClN/c1-3-4-5-6-7-8-9-10-11-12-15-21-19-16-17(2)13-14-18(19)20/h13-14,16,21H,3-12,15H2,1-2H3. The largest absolute Gasteiger partial charge is 0.384 e. The van der Waals surface area contributed by atoms with Gasteiger partial charge < -0.3 is 5.32 Å². The summed E-state index contributed by atoms with van der Waals surface area (Å²) in [5.74, 6) is 0. The van der Waals surface area contributed by atoms with Gasteiger partial charge in [-0.2, -0.15) is 0 Å². The average molecular weight is 310 g/mol. The Bertz CT molecular complexity index is 376. The Kier molecular flexibility index (Phi) is 10.4. The van der Waals surface area contributed by atoms with Crippen LogP contribution in [0.3, 0.4) is 0 Å². The minimum atomic E-state index is 0.827. The molecule has 1 aromatic rings. The van der Waals surface area contributed by atoms with E-state index in [4.69, 9.17) is 11.6 Å². The van der Waals surface area contributed by atoms with Crippen LogP contribution in [0.15, 0.2) is 18.2 Å². The van der Waals surface area contributed by atoms with Gasteiger partial charge in [-0.05, 0) is 31.0 Å². The highest BCUT2D eigenvalue weighted by Gasteiger charge is 1.99. The monoisotopic (exact) mass is 309 g/mol. The van der Waals surface area contributed by atoms with Gasteiger partial charge in [0.25, 0.3) is 0 Å². The molecule has 1 nitrogen and oxygen atoms in total. The highest BCUT2D eigenvalue weighted by molar-refractivity contribution is 6.33. The summed E-state index contributed by atoms with van der Waals surface area (Å²) in [6.07, 6.45) is 13.8. The summed E-state index contributed by atoms with van der Waals surface area (Å²) in [7, 11) is 0. The Labute approximate surface area is 136 Å². The number of benzene rings is 1. The molecule has 0 aliphatic rings.